The molecule has 0 amide bonds. The fourth-order valence-corrected chi connectivity index (χ4v) is 2.51. The summed E-state index contributed by atoms with van der Waals surface area (Å²) in [5.74, 6) is 5.22. The third-order valence-corrected chi connectivity index (χ3v) is 3.53. The Morgan fingerprint density at radius 3 is 2.55 bits per heavy atom. The Bertz CT molecular complexity index is 622. The number of rotatable bonds is 4. The van der Waals surface area contributed by atoms with E-state index in [0.717, 1.165) is 0 Å². The highest BCUT2D eigenvalue weighted by Crippen LogP contribution is 2.33. The molecule has 0 saturated heterocycles. The second-order valence-corrected chi connectivity index (χ2v) is 4.97. The first-order chi connectivity index (χ1) is 9.58. The molecule has 0 spiro atoms. The van der Waals surface area contributed by atoms with Gasteiger partial charge in [-0.25, -0.2) is 9.82 Å². The van der Waals surface area contributed by atoms with Crippen LogP contribution in [0.1, 0.15) is 17.2 Å². The molecular formula is C14H13Cl2FN2O. The SMILES string of the molecule is COc1cccc(C(NN)c2ccc(Cl)cc2Cl)c1F. The van der Waals surface area contributed by atoms with Gasteiger partial charge in [0.1, 0.15) is 0 Å². The van der Waals surface area contributed by atoms with Crippen LogP contribution in [-0.2, 0) is 0 Å². The van der Waals surface area contributed by atoms with Crippen molar-refractivity contribution in [2.24, 2.45) is 5.84 Å². The Morgan fingerprint density at radius 2 is 1.95 bits per heavy atom. The molecule has 0 fully saturated rings. The molecule has 1 atom stereocenters. The third-order valence-electron chi connectivity index (χ3n) is 2.96. The lowest BCUT2D eigenvalue weighted by atomic mass is 9.98. The molecule has 0 saturated carbocycles. The van der Waals surface area contributed by atoms with Crippen LogP contribution >= 0.6 is 23.2 Å². The van der Waals surface area contributed by atoms with Crippen molar-refractivity contribution in [1.29, 1.82) is 0 Å². The van der Waals surface area contributed by atoms with Crippen molar-refractivity contribution >= 4 is 23.2 Å². The first-order valence-corrected chi connectivity index (χ1v) is 6.57. The van der Waals surface area contributed by atoms with E-state index in [1.165, 1.54) is 13.2 Å². The van der Waals surface area contributed by atoms with Crippen molar-refractivity contribution in [3.63, 3.8) is 0 Å². The van der Waals surface area contributed by atoms with Gasteiger partial charge in [0.05, 0.1) is 13.2 Å². The summed E-state index contributed by atoms with van der Waals surface area (Å²) in [6.07, 6.45) is 0. The molecular weight excluding hydrogens is 302 g/mol. The molecule has 0 heterocycles. The van der Waals surface area contributed by atoms with Crippen LogP contribution in [0.3, 0.4) is 0 Å². The van der Waals surface area contributed by atoms with Gasteiger partial charge in [-0.2, -0.15) is 0 Å². The van der Waals surface area contributed by atoms with Crippen LogP contribution in [0.25, 0.3) is 0 Å². The van der Waals surface area contributed by atoms with Crippen molar-refractivity contribution in [3.05, 3.63) is 63.4 Å². The van der Waals surface area contributed by atoms with Crippen LogP contribution < -0.4 is 16.0 Å². The number of nitrogens with one attached hydrogen (secondary N) is 1. The number of hydrazine groups is 1. The zero-order valence-electron chi connectivity index (χ0n) is 10.7. The van der Waals surface area contributed by atoms with E-state index in [1.807, 2.05) is 0 Å². The third kappa shape index (κ3) is 2.88. The molecule has 0 aromatic heterocycles. The van der Waals surface area contributed by atoms with E-state index in [1.54, 1.807) is 30.3 Å². The predicted molar refractivity (Wildman–Crippen MR) is 78.6 cm³/mol. The summed E-state index contributed by atoms with van der Waals surface area (Å²) < 4.78 is 19.3. The van der Waals surface area contributed by atoms with Gasteiger partial charge in [0.25, 0.3) is 0 Å². The number of benzene rings is 2. The van der Waals surface area contributed by atoms with Crippen molar-refractivity contribution in [3.8, 4) is 5.75 Å². The topological polar surface area (TPSA) is 47.3 Å². The molecule has 0 aliphatic heterocycles. The van der Waals surface area contributed by atoms with Gasteiger partial charge in [-0.15, -0.1) is 0 Å². The van der Waals surface area contributed by atoms with Crippen LogP contribution in [0.15, 0.2) is 36.4 Å². The summed E-state index contributed by atoms with van der Waals surface area (Å²) in [5.41, 5.74) is 3.54. The summed E-state index contributed by atoms with van der Waals surface area (Å²) in [7, 11) is 1.41. The van der Waals surface area contributed by atoms with Crippen LogP contribution in [0.2, 0.25) is 10.0 Å². The Kier molecular flexibility index (Phi) is 4.83. The minimum atomic E-state index is -0.602. The van der Waals surface area contributed by atoms with Gasteiger partial charge in [0, 0.05) is 15.6 Å². The summed E-state index contributed by atoms with van der Waals surface area (Å²) >= 11 is 12.0. The fourth-order valence-electron chi connectivity index (χ4n) is 1.99. The minimum absolute atomic E-state index is 0.146. The lowest BCUT2D eigenvalue weighted by Crippen LogP contribution is -2.29. The Balaban J connectivity index is 2.52. The first kappa shape index (κ1) is 15.1. The molecule has 3 nitrogen and oxygen atoms in total. The number of ether oxygens (including phenoxy) is 1. The van der Waals surface area contributed by atoms with E-state index < -0.39 is 11.9 Å². The summed E-state index contributed by atoms with van der Waals surface area (Å²) in [4.78, 5) is 0. The van der Waals surface area contributed by atoms with Gasteiger partial charge in [-0.3, -0.25) is 5.84 Å². The fraction of sp³-hybridized carbons (Fsp3) is 0.143. The largest absolute Gasteiger partial charge is 0.494 e. The Labute approximate surface area is 126 Å². The highest BCUT2D eigenvalue weighted by Gasteiger charge is 2.21. The quantitative estimate of drug-likeness (QED) is 0.668. The van der Waals surface area contributed by atoms with Gasteiger partial charge in [0.15, 0.2) is 11.6 Å². The molecule has 0 bridgehead atoms. The van der Waals surface area contributed by atoms with Gasteiger partial charge in [-0.05, 0) is 23.8 Å². The minimum Gasteiger partial charge on any atom is -0.494 e. The van der Waals surface area contributed by atoms with Gasteiger partial charge in [-0.1, -0.05) is 41.4 Å². The number of halogens is 3. The maximum atomic E-state index is 14.3. The Hall–Kier alpha value is -1.33. The predicted octanol–water partition coefficient (Wildman–Crippen LogP) is 3.69. The molecule has 0 aliphatic carbocycles. The van der Waals surface area contributed by atoms with Crippen LogP contribution in [0.5, 0.6) is 5.75 Å². The summed E-state index contributed by atoms with van der Waals surface area (Å²) in [6, 6.07) is 9.20. The molecule has 2 aromatic rings. The summed E-state index contributed by atoms with van der Waals surface area (Å²) in [5, 5.41) is 0.906. The Morgan fingerprint density at radius 1 is 1.20 bits per heavy atom. The molecule has 2 aromatic carbocycles. The molecule has 0 aliphatic rings. The maximum Gasteiger partial charge on any atom is 0.170 e. The second-order valence-electron chi connectivity index (χ2n) is 4.13. The molecule has 20 heavy (non-hydrogen) atoms. The van der Waals surface area contributed by atoms with Crippen molar-refractivity contribution in [2.45, 2.75) is 6.04 Å². The van der Waals surface area contributed by atoms with E-state index >= 15 is 0 Å². The normalized spacial score (nSPS) is 12.2. The molecule has 2 rings (SSSR count). The number of hydrogen-bond donors (Lipinski definition) is 2. The van der Waals surface area contributed by atoms with Crippen molar-refractivity contribution < 1.29 is 9.13 Å². The highest BCUT2D eigenvalue weighted by molar-refractivity contribution is 6.35. The van der Waals surface area contributed by atoms with Crippen LogP contribution in [0, 0.1) is 5.82 Å². The zero-order chi connectivity index (χ0) is 14.7. The first-order valence-electron chi connectivity index (χ1n) is 5.82. The molecule has 106 valence electrons. The summed E-state index contributed by atoms with van der Waals surface area (Å²) in [6.45, 7) is 0. The van der Waals surface area contributed by atoms with Crippen molar-refractivity contribution in [1.82, 2.24) is 5.43 Å². The molecule has 1 unspecified atom stereocenters. The molecule has 6 heteroatoms. The lowest BCUT2D eigenvalue weighted by molar-refractivity contribution is 0.381. The second kappa shape index (κ2) is 6.41. The standard InChI is InChI=1S/C14H13Cl2FN2O/c1-20-12-4-2-3-10(13(12)17)14(19-18)9-6-5-8(15)7-11(9)16/h2-7,14,19H,18H2,1H3. The zero-order valence-corrected chi connectivity index (χ0v) is 12.2. The van der Waals surface area contributed by atoms with E-state index in [4.69, 9.17) is 33.8 Å². The monoisotopic (exact) mass is 314 g/mol. The lowest BCUT2D eigenvalue weighted by Gasteiger charge is -2.19. The molecule has 0 radical (unpaired) electrons. The smallest absolute Gasteiger partial charge is 0.170 e. The average molecular weight is 315 g/mol. The number of methoxy groups -OCH3 is 1. The van der Waals surface area contributed by atoms with E-state index in [0.29, 0.717) is 21.2 Å². The van der Waals surface area contributed by atoms with Crippen LogP contribution in [-0.4, -0.2) is 7.11 Å². The van der Waals surface area contributed by atoms with Crippen molar-refractivity contribution in [2.75, 3.05) is 7.11 Å². The number of nitrogens with two attached hydrogens (primary N) is 1. The van der Waals surface area contributed by atoms with E-state index in [-0.39, 0.29) is 5.75 Å². The van der Waals surface area contributed by atoms with Crippen LogP contribution in [0.4, 0.5) is 4.39 Å². The number of hydrogen-bond acceptors (Lipinski definition) is 3. The van der Waals surface area contributed by atoms with E-state index in [2.05, 4.69) is 5.43 Å². The molecule has 3 N–H and O–H groups in total. The van der Waals surface area contributed by atoms with E-state index in [9.17, 15) is 4.39 Å². The highest BCUT2D eigenvalue weighted by atomic mass is 35.5. The van der Waals surface area contributed by atoms with Gasteiger partial charge in [0.2, 0.25) is 0 Å². The average Bonchev–Trinajstić information content (AvgIpc) is 2.43. The van der Waals surface area contributed by atoms with Gasteiger partial charge >= 0.3 is 0 Å². The van der Waals surface area contributed by atoms with Gasteiger partial charge < -0.3 is 4.74 Å². The maximum absolute atomic E-state index is 14.3.